The van der Waals surface area contributed by atoms with Crippen LogP contribution in [-0.4, -0.2) is 15.9 Å². The lowest BCUT2D eigenvalue weighted by Gasteiger charge is -1.98. The molecule has 2 aromatic heterocycles. The first-order chi connectivity index (χ1) is 11.2. The minimum Gasteiger partial charge on any atom is -0.366 e. The molecule has 4 heteroatoms. The monoisotopic (exact) mass is 301 g/mol. The Balaban J connectivity index is 0.000000140. The van der Waals surface area contributed by atoms with Crippen LogP contribution < -0.4 is 5.73 Å². The van der Waals surface area contributed by atoms with Gasteiger partial charge in [-0.3, -0.25) is 14.8 Å². The highest BCUT2D eigenvalue weighted by atomic mass is 16.1. The summed E-state index contributed by atoms with van der Waals surface area (Å²) < 4.78 is 0. The van der Waals surface area contributed by atoms with Crippen molar-refractivity contribution in [3.8, 4) is 0 Å². The van der Waals surface area contributed by atoms with E-state index >= 15 is 0 Å². The highest BCUT2D eigenvalue weighted by Crippen LogP contribution is 2.12. The number of nitrogens with two attached hydrogens (primary N) is 1. The van der Waals surface area contributed by atoms with Crippen molar-refractivity contribution in [1.82, 2.24) is 9.97 Å². The zero-order valence-electron chi connectivity index (χ0n) is 12.4. The van der Waals surface area contributed by atoms with E-state index in [1.54, 1.807) is 18.3 Å². The first-order valence-electron chi connectivity index (χ1n) is 7.17. The fourth-order valence-electron chi connectivity index (χ4n) is 2.25. The molecule has 4 nitrogen and oxygen atoms in total. The number of pyridine rings is 2. The van der Waals surface area contributed by atoms with Crippen LogP contribution in [0.4, 0.5) is 0 Å². The van der Waals surface area contributed by atoms with Crippen molar-refractivity contribution in [2.45, 2.75) is 0 Å². The quantitative estimate of drug-likeness (QED) is 0.584. The number of primary amides is 1. The second kappa shape index (κ2) is 6.66. The SMILES string of the molecule is NC(=O)c1ccc2cccnc2c1.c1ccc2cnccc2c1. The van der Waals surface area contributed by atoms with Crippen molar-refractivity contribution < 1.29 is 4.79 Å². The van der Waals surface area contributed by atoms with Gasteiger partial charge in [-0.2, -0.15) is 0 Å². The van der Waals surface area contributed by atoms with Crippen LogP contribution in [0.15, 0.2) is 79.3 Å². The average molecular weight is 301 g/mol. The number of benzene rings is 2. The third-order valence-electron chi connectivity index (χ3n) is 3.44. The maximum atomic E-state index is 10.8. The summed E-state index contributed by atoms with van der Waals surface area (Å²) >= 11 is 0. The highest BCUT2D eigenvalue weighted by Gasteiger charge is 2.00. The molecule has 0 aliphatic heterocycles. The van der Waals surface area contributed by atoms with Crippen LogP contribution in [0.3, 0.4) is 0 Å². The van der Waals surface area contributed by atoms with E-state index in [4.69, 9.17) is 5.73 Å². The number of amides is 1. The molecule has 0 saturated heterocycles. The first kappa shape index (κ1) is 14.7. The number of hydrogen-bond donors (Lipinski definition) is 1. The molecule has 0 radical (unpaired) electrons. The van der Waals surface area contributed by atoms with E-state index in [2.05, 4.69) is 22.1 Å². The van der Waals surface area contributed by atoms with E-state index in [0.29, 0.717) is 5.56 Å². The van der Waals surface area contributed by atoms with Gasteiger partial charge in [-0.05, 0) is 35.0 Å². The molecule has 0 atom stereocenters. The molecule has 1 amide bonds. The van der Waals surface area contributed by atoms with Gasteiger partial charge in [0, 0.05) is 29.5 Å². The van der Waals surface area contributed by atoms with Crippen LogP contribution in [0.1, 0.15) is 10.4 Å². The van der Waals surface area contributed by atoms with E-state index in [9.17, 15) is 4.79 Å². The largest absolute Gasteiger partial charge is 0.366 e. The van der Waals surface area contributed by atoms with E-state index in [-0.39, 0.29) is 0 Å². The van der Waals surface area contributed by atoms with Crippen LogP contribution in [0.2, 0.25) is 0 Å². The molecular weight excluding hydrogens is 286 g/mol. The van der Waals surface area contributed by atoms with Gasteiger partial charge >= 0.3 is 0 Å². The molecule has 0 aliphatic rings. The van der Waals surface area contributed by atoms with Gasteiger partial charge in [-0.25, -0.2) is 0 Å². The molecule has 0 aliphatic carbocycles. The Hall–Kier alpha value is -3.27. The fourth-order valence-corrected chi connectivity index (χ4v) is 2.25. The summed E-state index contributed by atoms with van der Waals surface area (Å²) in [5, 5.41) is 3.45. The Morgan fingerprint density at radius 1 is 0.826 bits per heavy atom. The van der Waals surface area contributed by atoms with Crippen molar-refractivity contribution in [1.29, 1.82) is 0 Å². The number of rotatable bonds is 1. The van der Waals surface area contributed by atoms with Gasteiger partial charge in [0.25, 0.3) is 0 Å². The summed E-state index contributed by atoms with van der Waals surface area (Å²) in [5.41, 5.74) is 6.42. The van der Waals surface area contributed by atoms with Gasteiger partial charge in [0.2, 0.25) is 5.91 Å². The third kappa shape index (κ3) is 3.49. The summed E-state index contributed by atoms with van der Waals surface area (Å²) in [6, 6.07) is 19.2. The van der Waals surface area contributed by atoms with Crippen molar-refractivity contribution in [3.05, 3.63) is 84.8 Å². The summed E-state index contributed by atoms with van der Waals surface area (Å²) in [5.74, 6) is -0.424. The van der Waals surface area contributed by atoms with Crippen molar-refractivity contribution in [3.63, 3.8) is 0 Å². The third-order valence-corrected chi connectivity index (χ3v) is 3.44. The molecular formula is C19H15N3O. The predicted molar refractivity (Wildman–Crippen MR) is 92.0 cm³/mol. The van der Waals surface area contributed by atoms with Gasteiger partial charge in [0.1, 0.15) is 0 Å². The van der Waals surface area contributed by atoms with Crippen LogP contribution in [0.5, 0.6) is 0 Å². The number of aromatic nitrogens is 2. The Bertz CT molecular complexity index is 901. The molecule has 2 N–H and O–H groups in total. The summed E-state index contributed by atoms with van der Waals surface area (Å²) in [4.78, 5) is 19.0. The zero-order valence-corrected chi connectivity index (χ0v) is 12.4. The first-order valence-corrected chi connectivity index (χ1v) is 7.17. The Morgan fingerprint density at radius 3 is 2.39 bits per heavy atom. The second-order valence-electron chi connectivity index (χ2n) is 5.00. The van der Waals surface area contributed by atoms with E-state index in [1.807, 2.05) is 48.8 Å². The topological polar surface area (TPSA) is 68.9 Å². The lowest BCUT2D eigenvalue weighted by molar-refractivity contribution is 0.100. The van der Waals surface area contributed by atoms with Gasteiger partial charge < -0.3 is 5.73 Å². The number of carbonyl (C=O) groups is 1. The number of hydrogen-bond acceptors (Lipinski definition) is 3. The van der Waals surface area contributed by atoms with Gasteiger partial charge in [-0.15, -0.1) is 0 Å². The summed E-state index contributed by atoms with van der Waals surface area (Å²) in [7, 11) is 0. The molecule has 2 aromatic carbocycles. The molecule has 0 unspecified atom stereocenters. The predicted octanol–water partition coefficient (Wildman–Crippen LogP) is 3.57. The minimum atomic E-state index is -0.424. The molecule has 2 heterocycles. The molecule has 0 fully saturated rings. The van der Waals surface area contributed by atoms with Crippen LogP contribution in [-0.2, 0) is 0 Å². The van der Waals surface area contributed by atoms with E-state index < -0.39 is 5.91 Å². The number of nitrogens with zero attached hydrogens (tertiary/aromatic N) is 2. The minimum absolute atomic E-state index is 0.424. The highest BCUT2D eigenvalue weighted by molar-refractivity contribution is 5.96. The lowest BCUT2D eigenvalue weighted by atomic mass is 10.1. The maximum Gasteiger partial charge on any atom is 0.248 e. The van der Waals surface area contributed by atoms with Crippen molar-refractivity contribution in [2.24, 2.45) is 5.73 Å². The normalized spacial score (nSPS) is 10.1. The molecule has 0 saturated carbocycles. The van der Waals surface area contributed by atoms with Gasteiger partial charge in [0.05, 0.1) is 5.52 Å². The molecule has 23 heavy (non-hydrogen) atoms. The maximum absolute atomic E-state index is 10.8. The molecule has 0 spiro atoms. The van der Waals surface area contributed by atoms with Crippen molar-refractivity contribution in [2.75, 3.05) is 0 Å². The standard InChI is InChI=1S/C10H8N2O.C9H7N/c11-10(13)8-4-3-7-2-1-5-12-9(7)6-8;1-2-4-9-7-10-6-5-8(9)3-1/h1-6H,(H2,11,13);1-7H. The molecule has 4 rings (SSSR count). The molecule has 112 valence electrons. The van der Waals surface area contributed by atoms with E-state index in [1.165, 1.54) is 10.8 Å². The van der Waals surface area contributed by atoms with Crippen LogP contribution in [0, 0.1) is 0 Å². The van der Waals surface area contributed by atoms with Crippen molar-refractivity contribution >= 4 is 27.6 Å². The molecule has 4 aromatic rings. The fraction of sp³-hybridized carbons (Fsp3) is 0. The number of carbonyl (C=O) groups excluding carboxylic acids is 1. The zero-order chi connectivity index (χ0) is 16.1. The smallest absolute Gasteiger partial charge is 0.248 e. The summed E-state index contributed by atoms with van der Waals surface area (Å²) in [6.07, 6.45) is 5.37. The van der Waals surface area contributed by atoms with Crippen LogP contribution in [0.25, 0.3) is 21.7 Å². The second-order valence-corrected chi connectivity index (χ2v) is 5.00. The average Bonchev–Trinajstić information content (AvgIpc) is 2.62. The van der Waals surface area contributed by atoms with Crippen LogP contribution >= 0.6 is 0 Å². The Labute approximate surface area is 133 Å². The Kier molecular flexibility index (Phi) is 4.25. The summed E-state index contributed by atoms with van der Waals surface area (Å²) in [6.45, 7) is 0. The van der Waals surface area contributed by atoms with E-state index in [0.717, 1.165) is 10.9 Å². The lowest BCUT2D eigenvalue weighted by Crippen LogP contribution is -2.10. The number of fused-ring (bicyclic) bond motifs is 2. The van der Waals surface area contributed by atoms with Gasteiger partial charge in [-0.1, -0.05) is 36.4 Å². The Morgan fingerprint density at radius 2 is 1.61 bits per heavy atom. The van der Waals surface area contributed by atoms with Gasteiger partial charge in [0.15, 0.2) is 0 Å². The molecule has 0 bridgehead atoms.